The van der Waals surface area contributed by atoms with Crippen LogP contribution in [-0.2, 0) is 10.0 Å². The molecule has 0 aromatic heterocycles. The summed E-state index contributed by atoms with van der Waals surface area (Å²) in [5, 5.41) is 0. The van der Waals surface area contributed by atoms with E-state index in [0.29, 0.717) is 23.3 Å². The van der Waals surface area contributed by atoms with Gasteiger partial charge < -0.3 is 0 Å². The lowest BCUT2D eigenvalue weighted by atomic mass is 10.3. The molecule has 5 heteroatoms. The third-order valence-electron chi connectivity index (χ3n) is 3.27. The summed E-state index contributed by atoms with van der Waals surface area (Å²) in [6.45, 7) is 2.78. The average Bonchev–Trinajstić information content (AvgIpc) is 2.94. The molecule has 2 unspecified atom stereocenters. The number of benzene rings is 1. The van der Waals surface area contributed by atoms with Crippen molar-refractivity contribution in [3.63, 3.8) is 0 Å². The largest absolute Gasteiger partial charge is 0.242 e. The molecule has 0 heterocycles. The van der Waals surface area contributed by atoms with E-state index in [1.807, 2.05) is 6.07 Å². The first-order chi connectivity index (χ1) is 7.91. The van der Waals surface area contributed by atoms with Gasteiger partial charge in [0.15, 0.2) is 0 Å². The predicted octanol–water partition coefficient (Wildman–Crippen LogP) is 2.73. The highest BCUT2D eigenvalue weighted by atomic mass is 79.9. The number of halogens is 1. The summed E-state index contributed by atoms with van der Waals surface area (Å²) in [4.78, 5) is 0.350. The zero-order valence-corrected chi connectivity index (χ0v) is 12.3. The maximum absolute atomic E-state index is 12.3. The molecule has 0 radical (unpaired) electrons. The normalized spacial score (nSPS) is 24.0. The van der Waals surface area contributed by atoms with Gasteiger partial charge in [0.1, 0.15) is 0 Å². The second-order valence-electron chi connectivity index (χ2n) is 4.72. The minimum atomic E-state index is -3.34. The molecule has 0 amide bonds. The molecule has 3 nitrogen and oxygen atoms in total. The van der Waals surface area contributed by atoms with E-state index in [4.69, 9.17) is 0 Å². The smallest absolute Gasteiger partial charge is 0.207 e. The van der Waals surface area contributed by atoms with Crippen LogP contribution in [0, 0.1) is 11.8 Å². The molecule has 17 heavy (non-hydrogen) atoms. The molecule has 2 rings (SSSR count). The Morgan fingerprint density at radius 2 is 2.12 bits per heavy atom. The van der Waals surface area contributed by atoms with Crippen LogP contribution in [0.5, 0.6) is 0 Å². The number of hydrogen-bond acceptors (Lipinski definition) is 2. The maximum Gasteiger partial charge on any atom is 0.242 e. The van der Waals surface area contributed by atoms with Crippen molar-refractivity contribution in [2.45, 2.75) is 18.2 Å². The molecule has 0 bridgehead atoms. The zero-order valence-electron chi connectivity index (χ0n) is 9.93. The second-order valence-corrected chi connectivity index (χ2v) is 7.68. The van der Waals surface area contributed by atoms with Gasteiger partial charge in [-0.2, -0.15) is 0 Å². The molecule has 0 aliphatic heterocycles. The van der Waals surface area contributed by atoms with Crippen molar-refractivity contribution in [1.82, 2.24) is 4.31 Å². The van der Waals surface area contributed by atoms with Crippen molar-refractivity contribution >= 4 is 26.0 Å². The van der Waals surface area contributed by atoms with Crippen molar-refractivity contribution in [3.05, 3.63) is 28.7 Å². The van der Waals surface area contributed by atoms with Crippen LogP contribution in [-0.4, -0.2) is 26.3 Å². The maximum atomic E-state index is 12.3. The fraction of sp³-hybridized carbons (Fsp3) is 0.500. The monoisotopic (exact) mass is 317 g/mol. The fourth-order valence-electron chi connectivity index (χ4n) is 1.89. The van der Waals surface area contributed by atoms with Crippen LogP contribution in [0.3, 0.4) is 0 Å². The van der Waals surface area contributed by atoms with Gasteiger partial charge in [0.2, 0.25) is 10.0 Å². The number of sulfonamides is 1. The predicted molar refractivity (Wildman–Crippen MR) is 71.2 cm³/mol. The third-order valence-corrected chi connectivity index (χ3v) is 5.58. The Kier molecular flexibility index (Phi) is 3.61. The molecule has 1 aromatic rings. The van der Waals surface area contributed by atoms with E-state index >= 15 is 0 Å². The summed E-state index contributed by atoms with van der Waals surface area (Å²) in [6, 6.07) is 6.83. The molecule has 1 saturated carbocycles. The van der Waals surface area contributed by atoms with E-state index in [2.05, 4.69) is 22.9 Å². The van der Waals surface area contributed by atoms with Crippen LogP contribution < -0.4 is 0 Å². The SMILES string of the molecule is CC1CC1CN(C)S(=O)(=O)c1cccc(Br)c1. The molecular weight excluding hydrogens is 302 g/mol. The first-order valence-corrected chi connectivity index (χ1v) is 7.86. The van der Waals surface area contributed by atoms with Crippen molar-refractivity contribution < 1.29 is 8.42 Å². The Balaban J connectivity index is 2.17. The third kappa shape index (κ3) is 2.89. The summed E-state index contributed by atoms with van der Waals surface area (Å²) in [6.07, 6.45) is 1.14. The molecule has 1 aliphatic rings. The zero-order chi connectivity index (χ0) is 12.6. The van der Waals surface area contributed by atoms with Gasteiger partial charge in [0.25, 0.3) is 0 Å². The molecule has 0 spiro atoms. The molecule has 1 aliphatic carbocycles. The van der Waals surface area contributed by atoms with Crippen LogP contribution >= 0.6 is 15.9 Å². The quantitative estimate of drug-likeness (QED) is 0.856. The second kappa shape index (κ2) is 4.71. The molecule has 94 valence electrons. The van der Waals surface area contributed by atoms with Crippen LogP contribution in [0.2, 0.25) is 0 Å². The van der Waals surface area contributed by atoms with Gasteiger partial charge >= 0.3 is 0 Å². The van der Waals surface area contributed by atoms with E-state index < -0.39 is 10.0 Å². The van der Waals surface area contributed by atoms with Gasteiger partial charge in [0.05, 0.1) is 4.90 Å². The van der Waals surface area contributed by atoms with E-state index in [0.717, 1.165) is 10.9 Å². The summed E-state index contributed by atoms with van der Waals surface area (Å²) in [7, 11) is -1.68. The molecule has 1 aromatic carbocycles. The summed E-state index contributed by atoms with van der Waals surface area (Å²) in [5.41, 5.74) is 0. The van der Waals surface area contributed by atoms with E-state index in [9.17, 15) is 8.42 Å². The van der Waals surface area contributed by atoms with Gasteiger partial charge in [-0.1, -0.05) is 28.9 Å². The highest BCUT2D eigenvalue weighted by Crippen LogP contribution is 2.38. The molecule has 1 fully saturated rings. The standard InChI is InChI=1S/C12H16BrNO2S/c1-9-6-10(9)8-14(2)17(15,16)12-5-3-4-11(13)7-12/h3-5,7,9-10H,6,8H2,1-2H3. The highest BCUT2D eigenvalue weighted by Gasteiger charge is 2.36. The van der Waals surface area contributed by atoms with Gasteiger partial charge in [0, 0.05) is 18.1 Å². The lowest BCUT2D eigenvalue weighted by molar-refractivity contribution is 0.444. The van der Waals surface area contributed by atoms with Gasteiger partial charge in [-0.15, -0.1) is 0 Å². The van der Waals surface area contributed by atoms with Gasteiger partial charge in [-0.3, -0.25) is 0 Å². The van der Waals surface area contributed by atoms with Crippen LogP contribution in [0.1, 0.15) is 13.3 Å². The van der Waals surface area contributed by atoms with Gasteiger partial charge in [-0.05, 0) is 36.5 Å². The molecule has 0 N–H and O–H groups in total. The molecule has 2 atom stereocenters. The minimum absolute atomic E-state index is 0.350. The summed E-state index contributed by atoms with van der Waals surface area (Å²) >= 11 is 3.29. The fourth-order valence-corrected chi connectivity index (χ4v) is 3.71. The summed E-state index contributed by atoms with van der Waals surface area (Å²) < 4.78 is 26.8. The average molecular weight is 318 g/mol. The summed E-state index contributed by atoms with van der Waals surface area (Å²) in [5.74, 6) is 1.19. The van der Waals surface area contributed by atoms with E-state index in [1.54, 1.807) is 25.2 Å². The number of hydrogen-bond donors (Lipinski definition) is 0. The van der Waals surface area contributed by atoms with Crippen molar-refractivity contribution in [2.24, 2.45) is 11.8 Å². The van der Waals surface area contributed by atoms with E-state index in [-0.39, 0.29) is 0 Å². The number of nitrogens with zero attached hydrogens (tertiary/aromatic N) is 1. The Bertz CT molecular complexity index is 515. The highest BCUT2D eigenvalue weighted by molar-refractivity contribution is 9.10. The van der Waals surface area contributed by atoms with Crippen LogP contribution in [0.4, 0.5) is 0 Å². The first kappa shape index (κ1) is 13.1. The minimum Gasteiger partial charge on any atom is -0.207 e. The Hall–Kier alpha value is -0.390. The first-order valence-electron chi connectivity index (χ1n) is 5.63. The Morgan fingerprint density at radius 3 is 2.65 bits per heavy atom. The van der Waals surface area contributed by atoms with Gasteiger partial charge in [-0.25, -0.2) is 12.7 Å². The van der Waals surface area contributed by atoms with Crippen LogP contribution in [0.25, 0.3) is 0 Å². The Labute approximate surface area is 111 Å². The van der Waals surface area contributed by atoms with Crippen LogP contribution in [0.15, 0.2) is 33.6 Å². The van der Waals surface area contributed by atoms with Crippen molar-refractivity contribution in [3.8, 4) is 0 Å². The van der Waals surface area contributed by atoms with Crippen molar-refractivity contribution in [1.29, 1.82) is 0 Å². The lowest BCUT2D eigenvalue weighted by Crippen LogP contribution is -2.29. The Morgan fingerprint density at radius 1 is 1.47 bits per heavy atom. The van der Waals surface area contributed by atoms with Crippen molar-refractivity contribution in [2.75, 3.05) is 13.6 Å². The number of rotatable bonds is 4. The van der Waals surface area contributed by atoms with E-state index in [1.165, 1.54) is 4.31 Å². The topological polar surface area (TPSA) is 37.4 Å². The molecular formula is C12H16BrNO2S. The molecule has 0 saturated heterocycles. The lowest BCUT2D eigenvalue weighted by Gasteiger charge is -2.17.